The predicted octanol–water partition coefficient (Wildman–Crippen LogP) is 5.49. The minimum Gasteiger partial charge on any atom is -0.465 e. The zero-order valence-corrected chi connectivity index (χ0v) is 15.0. The highest BCUT2D eigenvalue weighted by Gasteiger charge is 2.41. The molecule has 0 saturated heterocycles. The number of aliphatic imine (C=N–C) groups is 1. The molecule has 2 aromatic carbocycles. The van der Waals surface area contributed by atoms with E-state index in [9.17, 15) is 9.90 Å². The molecule has 0 aromatic heterocycles. The number of rotatable bonds is 2. The summed E-state index contributed by atoms with van der Waals surface area (Å²) < 4.78 is 0. The number of halogens is 2. The van der Waals surface area contributed by atoms with Gasteiger partial charge in [-0.15, -0.1) is 0 Å². The van der Waals surface area contributed by atoms with Crippen LogP contribution in [0.1, 0.15) is 23.2 Å². The summed E-state index contributed by atoms with van der Waals surface area (Å²) in [7, 11) is 0. The van der Waals surface area contributed by atoms with Crippen LogP contribution >= 0.6 is 35.0 Å². The summed E-state index contributed by atoms with van der Waals surface area (Å²) in [5.74, 6) is 0. The largest absolute Gasteiger partial charge is 0.465 e. The fraction of sp³-hybridized carbons (Fsp3) is 0.176. The van der Waals surface area contributed by atoms with Gasteiger partial charge in [-0.1, -0.05) is 59.2 Å². The first-order chi connectivity index (χ1) is 11.5. The maximum atomic E-state index is 11.9. The highest BCUT2D eigenvalue weighted by Crippen LogP contribution is 2.44. The summed E-state index contributed by atoms with van der Waals surface area (Å²) in [5.41, 5.74) is 1.66. The molecule has 7 heteroatoms. The maximum absolute atomic E-state index is 11.9. The first-order valence-electron chi connectivity index (χ1n) is 7.16. The smallest absolute Gasteiger partial charge is 0.414 e. The zero-order chi connectivity index (χ0) is 17.3. The molecule has 0 unspecified atom stereocenters. The Morgan fingerprint density at radius 2 is 1.71 bits per heavy atom. The van der Waals surface area contributed by atoms with Crippen LogP contribution in [0.3, 0.4) is 0 Å². The molecule has 2 atom stereocenters. The fourth-order valence-electron chi connectivity index (χ4n) is 2.83. The van der Waals surface area contributed by atoms with Gasteiger partial charge in [0, 0.05) is 10.0 Å². The van der Waals surface area contributed by atoms with Gasteiger partial charge in [-0.25, -0.2) is 9.69 Å². The number of amides is 1. The Morgan fingerprint density at radius 3 is 2.25 bits per heavy atom. The van der Waals surface area contributed by atoms with E-state index in [1.807, 2.05) is 36.6 Å². The van der Waals surface area contributed by atoms with Crippen molar-refractivity contribution in [1.29, 1.82) is 0 Å². The summed E-state index contributed by atoms with van der Waals surface area (Å²) in [4.78, 5) is 17.8. The third-order valence-corrected chi connectivity index (χ3v) is 4.94. The summed E-state index contributed by atoms with van der Waals surface area (Å²) in [5, 5.41) is 11.3. The number of carboxylic acid groups (broad SMARTS) is 1. The lowest BCUT2D eigenvalue weighted by molar-refractivity contribution is 0.157. The summed E-state index contributed by atoms with van der Waals surface area (Å²) in [6.07, 6.45) is 0.766. The van der Waals surface area contributed by atoms with E-state index in [0.29, 0.717) is 15.2 Å². The normalized spacial score (nSPS) is 20.1. The average Bonchev–Trinajstić information content (AvgIpc) is 2.94. The molecule has 0 spiro atoms. The van der Waals surface area contributed by atoms with Gasteiger partial charge in [-0.2, -0.15) is 0 Å². The quantitative estimate of drug-likeness (QED) is 0.749. The molecule has 2 aromatic rings. The van der Waals surface area contributed by atoms with Gasteiger partial charge in [0.1, 0.15) is 6.04 Å². The van der Waals surface area contributed by atoms with Crippen LogP contribution in [0, 0.1) is 0 Å². The van der Waals surface area contributed by atoms with E-state index in [1.54, 1.807) is 18.2 Å². The van der Waals surface area contributed by atoms with Gasteiger partial charge >= 0.3 is 6.09 Å². The van der Waals surface area contributed by atoms with E-state index >= 15 is 0 Å². The third-order valence-electron chi connectivity index (χ3n) is 3.80. The van der Waals surface area contributed by atoms with Gasteiger partial charge in [0.05, 0.1) is 6.04 Å². The second kappa shape index (κ2) is 7.05. The van der Waals surface area contributed by atoms with Crippen molar-refractivity contribution in [1.82, 2.24) is 4.90 Å². The fourth-order valence-corrected chi connectivity index (χ4v) is 3.84. The second-order valence-electron chi connectivity index (χ2n) is 5.27. The van der Waals surface area contributed by atoms with Crippen LogP contribution in [-0.2, 0) is 0 Å². The molecular formula is C17H14Cl2N2O2S. The Hall–Kier alpha value is -1.69. The third kappa shape index (κ3) is 3.24. The predicted molar refractivity (Wildman–Crippen MR) is 99.2 cm³/mol. The van der Waals surface area contributed by atoms with Crippen molar-refractivity contribution in [2.24, 2.45) is 4.99 Å². The lowest BCUT2D eigenvalue weighted by Gasteiger charge is -2.26. The number of carbonyl (C=O) groups is 1. The molecular weight excluding hydrogens is 367 g/mol. The van der Waals surface area contributed by atoms with E-state index in [-0.39, 0.29) is 6.04 Å². The molecule has 0 fully saturated rings. The number of benzene rings is 2. The van der Waals surface area contributed by atoms with Gasteiger partial charge in [0.25, 0.3) is 0 Å². The van der Waals surface area contributed by atoms with E-state index in [0.717, 1.165) is 11.1 Å². The van der Waals surface area contributed by atoms with Gasteiger partial charge in [0.2, 0.25) is 0 Å². The van der Waals surface area contributed by atoms with Crippen LogP contribution in [0.25, 0.3) is 0 Å². The molecule has 0 saturated carbocycles. The van der Waals surface area contributed by atoms with Crippen LogP contribution in [0.2, 0.25) is 10.0 Å². The molecule has 24 heavy (non-hydrogen) atoms. The van der Waals surface area contributed by atoms with Crippen molar-refractivity contribution in [3.8, 4) is 0 Å². The number of hydrogen-bond acceptors (Lipinski definition) is 3. The Labute approximate surface area is 154 Å². The number of hydrogen-bond donors (Lipinski definition) is 1. The first-order valence-corrected chi connectivity index (χ1v) is 9.14. The number of nitrogens with zero attached hydrogens (tertiary/aromatic N) is 2. The van der Waals surface area contributed by atoms with Crippen LogP contribution in [0.15, 0.2) is 53.5 Å². The van der Waals surface area contributed by atoms with Crippen LogP contribution in [0.4, 0.5) is 4.79 Å². The van der Waals surface area contributed by atoms with E-state index < -0.39 is 12.1 Å². The van der Waals surface area contributed by atoms with Crippen LogP contribution in [-0.4, -0.2) is 27.5 Å². The standard InChI is InChI=1S/C17H14Cl2N2O2S/c1-24-16-20-14(10-4-2-6-12(18)8-10)15(21(16)17(22)23)11-5-3-7-13(19)9-11/h2-9,14-15H,1H3,(H,22,23)/t14-,15+/m1/s1. The number of amidine groups is 1. The second-order valence-corrected chi connectivity index (χ2v) is 6.91. The highest BCUT2D eigenvalue weighted by atomic mass is 35.5. The van der Waals surface area contributed by atoms with Gasteiger partial charge < -0.3 is 5.11 Å². The van der Waals surface area contributed by atoms with Crippen LogP contribution < -0.4 is 0 Å². The summed E-state index contributed by atoms with van der Waals surface area (Å²) in [6, 6.07) is 13.7. The molecule has 1 amide bonds. The van der Waals surface area contributed by atoms with Gasteiger partial charge in [-0.05, 0) is 41.6 Å². The van der Waals surface area contributed by atoms with E-state index in [2.05, 4.69) is 4.99 Å². The maximum Gasteiger partial charge on any atom is 0.414 e. The van der Waals surface area contributed by atoms with Gasteiger partial charge in [-0.3, -0.25) is 4.99 Å². The lowest BCUT2D eigenvalue weighted by atomic mass is 9.94. The highest BCUT2D eigenvalue weighted by molar-refractivity contribution is 8.13. The number of thioether (sulfide) groups is 1. The van der Waals surface area contributed by atoms with Crippen molar-refractivity contribution in [3.05, 3.63) is 69.7 Å². The zero-order valence-electron chi connectivity index (χ0n) is 12.7. The molecule has 1 heterocycles. The Bertz CT molecular complexity index is 813. The minimum absolute atomic E-state index is 0.374. The molecule has 1 aliphatic rings. The molecule has 0 aliphatic carbocycles. The monoisotopic (exact) mass is 380 g/mol. The molecule has 0 bridgehead atoms. The van der Waals surface area contributed by atoms with Crippen molar-refractivity contribution < 1.29 is 9.90 Å². The topological polar surface area (TPSA) is 52.9 Å². The van der Waals surface area contributed by atoms with Crippen molar-refractivity contribution in [3.63, 3.8) is 0 Å². The first kappa shape index (κ1) is 17.1. The van der Waals surface area contributed by atoms with Crippen molar-refractivity contribution >= 4 is 46.2 Å². The van der Waals surface area contributed by atoms with Gasteiger partial charge in [0.15, 0.2) is 5.17 Å². The van der Waals surface area contributed by atoms with Crippen molar-refractivity contribution in [2.45, 2.75) is 12.1 Å². The van der Waals surface area contributed by atoms with E-state index in [4.69, 9.17) is 23.2 Å². The van der Waals surface area contributed by atoms with Crippen molar-refractivity contribution in [2.75, 3.05) is 6.26 Å². The Kier molecular flexibility index (Phi) is 5.04. The molecule has 4 nitrogen and oxygen atoms in total. The summed E-state index contributed by atoms with van der Waals surface area (Å²) in [6.45, 7) is 0. The minimum atomic E-state index is -1.04. The molecule has 124 valence electrons. The van der Waals surface area contributed by atoms with E-state index in [1.165, 1.54) is 16.7 Å². The lowest BCUT2D eigenvalue weighted by Crippen LogP contribution is -2.34. The Balaban J connectivity index is 2.13. The summed E-state index contributed by atoms with van der Waals surface area (Å²) >= 11 is 13.5. The average molecular weight is 381 g/mol. The van der Waals surface area contributed by atoms with Crippen LogP contribution in [0.5, 0.6) is 0 Å². The molecule has 1 N–H and O–H groups in total. The molecule has 3 rings (SSSR count). The SMILES string of the molecule is CSC1=N[C@H](c2cccc(Cl)c2)[C@H](c2cccc(Cl)c2)N1C(=O)O. The molecule has 1 aliphatic heterocycles. The molecule has 0 radical (unpaired) electrons. The Morgan fingerprint density at radius 1 is 1.12 bits per heavy atom.